The molecule has 3 rings (SSSR count). The first-order chi connectivity index (χ1) is 9.40. The molecule has 1 N–H and O–H groups in total. The summed E-state index contributed by atoms with van der Waals surface area (Å²) >= 11 is 0. The van der Waals surface area contributed by atoms with E-state index in [0.29, 0.717) is 12.0 Å². The highest BCUT2D eigenvalue weighted by Gasteiger charge is 2.33. The van der Waals surface area contributed by atoms with Gasteiger partial charge in [-0.25, -0.2) is 0 Å². The standard InChI is InChI=1S/C18H25N/c1-2-19-18(14-9-5-3-4-6-10-14)17-13-15-11-7-8-12-16(15)17/h7-9,11-12,17-19H,2-6,10,13H2,1H3. The topological polar surface area (TPSA) is 12.0 Å². The van der Waals surface area contributed by atoms with Crippen LogP contribution in [0.15, 0.2) is 35.9 Å². The Kier molecular flexibility index (Phi) is 4.03. The molecule has 0 fully saturated rings. The van der Waals surface area contributed by atoms with Gasteiger partial charge in [0, 0.05) is 12.0 Å². The molecule has 2 aliphatic rings. The van der Waals surface area contributed by atoms with Gasteiger partial charge in [-0.3, -0.25) is 0 Å². The minimum atomic E-state index is 0.581. The van der Waals surface area contributed by atoms with E-state index in [1.54, 1.807) is 16.7 Å². The Morgan fingerprint density at radius 1 is 1.21 bits per heavy atom. The lowest BCUT2D eigenvalue weighted by molar-refractivity contribution is 0.440. The Morgan fingerprint density at radius 2 is 2.11 bits per heavy atom. The molecular weight excluding hydrogens is 230 g/mol. The van der Waals surface area contributed by atoms with Crippen LogP contribution in [-0.2, 0) is 6.42 Å². The van der Waals surface area contributed by atoms with E-state index in [1.165, 1.54) is 38.5 Å². The van der Waals surface area contributed by atoms with Crippen LogP contribution in [0.1, 0.15) is 56.1 Å². The van der Waals surface area contributed by atoms with Gasteiger partial charge in [-0.2, -0.15) is 0 Å². The van der Waals surface area contributed by atoms with Crippen molar-refractivity contribution in [2.24, 2.45) is 0 Å². The summed E-state index contributed by atoms with van der Waals surface area (Å²) in [5.74, 6) is 0.709. The molecular formula is C18H25N. The van der Waals surface area contributed by atoms with Gasteiger partial charge in [-0.1, -0.05) is 49.3 Å². The number of benzene rings is 1. The van der Waals surface area contributed by atoms with E-state index in [-0.39, 0.29) is 0 Å². The summed E-state index contributed by atoms with van der Waals surface area (Å²) in [5, 5.41) is 3.75. The van der Waals surface area contributed by atoms with E-state index in [0.717, 1.165) is 6.54 Å². The van der Waals surface area contributed by atoms with Crippen LogP contribution in [0.5, 0.6) is 0 Å². The van der Waals surface area contributed by atoms with E-state index in [1.807, 2.05) is 0 Å². The third kappa shape index (κ3) is 2.62. The van der Waals surface area contributed by atoms with Crippen molar-refractivity contribution < 1.29 is 0 Å². The Bertz CT molecular complexity index is 461. The van der Waals surface area contributed by atoms with Crippen molar-refractivity contribution in [3.63, 3.8) is 0 Å². The molecule has 0 amide bonds. The largest absolute Gasteiger partial charge is 0.310 e. The van der Waals surface area contributed by atoms with Crippen molar-refractivity contribution in [3.05, 3.63) is 47.0 Å². The van der Waals surface area contributed by atoms with Gasteiger partial charge < -0.3 is 5.32 Å². The van der Waals surface area contributed by atoms with Crippen molar-refractivity contribution >= 4 is 0 Å². The SMILES string of the molecule is CCNC(C1=CCCCCC1)C1Cc2ccccc21. The van der Waals surface area contributed by atoms with Crippen LogP contribution in [0.4, 0.5) is 0 Å². The minimum Gasteiger partial charge on any atom is -0.310 e. The van der Waals surface area contributed by atoms with Gasteiger partial charge in [0.15, 0.2) is 0 Å². The second-order valence-corrected chi connectivity index (χ2v) is 5.92. The fourth-order valence-corrected chi connectivity index (χ4v) is 3.67. The monoisotopic (exact) mass is 255 g/mol. The van der Waals surface area contributed by atoms with Crippen LogP contribution >= 0.6 is 0 Å². The second kappa shape index (κ2) is 5.92. The number of fused-ring (bicyclic) bond motifs is 1. The number of hydrogen-bond donors (Lipinski definition) is 1. The molecule has 2 aliphatic carbocycles. The smallest absolute Gasteiger partial charge is 0.0351 e. The van der Waals surface area contributed by atoms with Gasteiger partial charge in [-0.05, 0) is 49.8 Å². The van der Waals surface area contributed by atoms with Crippen LogP contribution in [0, 0.1) is 0 Å². The lowest BCUT2D eigenvalue weighted by Gasteiger charge is -2.38. The molecule has 0 radical (unpaired) electrons. The quantitative estimate of drug-likeness (QED) is 0.795. The number of allylic oxidation sites excluding steroid dienone is 1. The summed E-state index contributed by atoms with van der Waals surface area (Å²) in [6.07, 6.45) is 10.5. The molecule has 1 heteroatoms. The maximum absolute atomic E-state index is 3.75. The van der Waals surface area contributed by atoms with Crippen molar-refractivity contribution in [1.29, 1.82) is 0 Å². The maximum Gasteiger partial charge on any atom is 0.0351 e. The first-order valence-corrected chi connectivity index (χ1v) is 7.90. The molecule has 1 aromatic rings. The highest BCUT2D eigenvalue weighted by molar-refractivity contribution is 5.43. The molecule has 0 aromatic heterocycles. The average molecular weight is 255 g/mol. The van der Waals surface area contributed by atoms with Gasteiger partial charge in [0.25, 0.3) is 0 Å². The summed E-state index contributed by atoms with van der Waals surface area (Å²) in [5.41, 5.74) is 4.82. The van der Waals surface area contributed by atoms with E-state index in [9.17, 15) is 0 Å². The molecule has 19 heavy (non-hydrogen) atoms. The molecule has 0 saturated carbocycles. The fourth-order valence-electron chi connectivity index (χ4n) is 3.67. The summed E-state index contributed by atoms with van der Waals surface area (Å²) in [4.78, 5) is 0. The van der Waals surface area contributed by atoms with Crippen LogP contribution in [0.2, 0.25) is 0 Å². The summed E-state index contributed by atoms with van der Waals surface area (Å²) in [6, 6.07) is 9.55. The Balaban J connectivity index is 1.80. The lowest BCUT2D eigenvalue weighted by Crippen LogP contribution is -2.41. The van der Waals surface area contributed by atoms with Gasteiger partial charge in [0.2, 0.25) is 0 Å². The molecule has 1 aromatic carbocycles. The van der Waals surface area contributed by atoms with E-state index in [4.69, 9.17) is 0 Å². The van der Waals surface area contributed by atoms with E-state index >= 15 is 0 Å². The fraction of sp³-hybridized carbons (Fsp3) is 0.556. The van der Waals surface area contributed by atoms with Crippen molar-refractivity contribution in [1.82, 2.24) is 5.32 Å². The van der Waals surface area contributed by atoms with Crippen LogP contribution in [-0.4, -0.2) is 12.6 Å². The zero-order valence-corrected chi connectivity index (χ0v) is 12.0. The predicted molar refractivity (Wildman–Crippen MR) is 81.5 cm³/mol. The summed E-state index contributed by atoms with van der Waals surface area (Å²) in [7, 11) is 0. The van der Waals surface area contributed by atoms with Gasteiger partial charge >= 0.3 is 0 Å². The number of likely N-dealkylation sites (N-methyl/N-ethyl adjacent to an activating group) is 1. The third-order valence-corrected chi connectivity index (χ3v) is 4.70. The van der Waals surface area contributed by atoms with Crippen molar-refractivity contribution in [2.45, 2.75) is 57.4 Å². The number of rotatable bonds is 4. The van der Waals surface area contributed by atoms with Crippen LogP contribution in [0.25, 0.3) is 0 Å². The van der Waals surface area contributed by atoms with Gasteiger partial charge in [0.1, 0.15) is 0 Å². The first kappa shape index (κ1) is 12.9. The Labute approximate surface area is 117 Å². The predicted octanol–water partition coefficient (Wildman–Crippen LogP) is 4.19. The van der Waals surface area contributed by atoms with Crippen LogP contribution in [0.3, 0.4) is 0 Å². The molecule has 0 saturated heterocycles. The summed E-state index contributed by atoms with van der Waals surface area (Å²) in [6.45, 7) is 3.30. The maximum atomic E-state index is 3.75. The zero-order chi connectivity index (χ0) is 13.1. The Morgan fingerprint density at radius 3 is 2.95 bits per heavy atom. The van der Waals surface area contributed by atoms with Gasteiger partial charge in [-0.15, -0.1) is 0 Å². The molecule has 0 bridgehead atoms. The minimum absolute atomic E-state index is 0.581. The molecule has 1 nitrogen and oxygen atoms in total. The van der Waals surface area contributed by atoms with E-state index < -0.39 is 0 Å². The molecule has 0 spiro atoms. The molecule has 0 aliphatic heterocycles. The van der Waals surface area contributed by atoms with Gasteiger partial charge in [0.05, 0.1) is 0 Å². The van der Waals surface area contributed by atoms with Crippen molar-refractivity contribution in [2.75, 3.05) is 6.54 Å². The van der Waals surface area contributed by atoms with E-state index in [2.05, 4.69) is 42.6 Å². The normalized spacial score (nSPS) is 23.8. The Hall–Kier alpha value is -1.08. The number of hydrogen-bond acceptors (Lipinski definition) is 1. The average Bonchev–Trinajstić information content (AvgIpc) is 2.68. The third-order valence-electron chi connectivity index (χ3n) is 4.70. The molecule has 2 unspecified atom stereocenters. The van der Waals surface area contributed by atoms with Crippen molar-refractivity contribution in [3.8, 4) is 0 Å². The summed E-state index contributed by atoms with van der Waals surface area (Å²) < 4.78 is 0. The number of nitrogens with one attached hydrogen (secondary N) is 1. The molecule has 0 heterocycles. The van der Waals surface area contributed by atoms with Crippen LogP contribution < -0.4 is 5.32 Å². The zero-order valence-electron chi connectivity index (χ0n) is 12.0. The second-order valence-electron chi connectivity index (χ2n) is 5.92. The highest BCUT2D eigenvalue weighted by Crippen LogP contribution is 2.40. The first-order valence-electron chi connectivity index (χ1n) is 7.90. The lowest BCUT2D eigenvalue weighted by atomic mass is 9.71. The molecule has 102 valence electrons. The molecule has 2 atom stereocenters. The highest BCUT2D eigenvalue weighted by atomic mass is 14.9.